The molecule has 1 aliphatic heterocycles. The molecule has 0 fully saturated rings. The maximum absolute atomic E-state index is 3.48. The molecule has 1 aliphatic rings. The van der Waals surface area contributed by atoms with Crippen LogP contribution in [0.4, 0.5) is 5.69 Å². The zero-order chi connectivity index (χ0) is 10.1. The van der Waals surface area contributed by atoms with Gasteiger partial charge in [-0.2, -0.15) is 0 Å². The molecule has 1 atom stereocenters. The minimum Gasteiger partial charge on any atom is -0.385 e. The summed E-state index contributed by atoms with van der Waals surface area (Å²) in [6.45, 7) is 7.93. The average Bonchev–Trinajstić information content (AvgIpc) is 2.16. The molecular formula is C13H19N. The molecule has 0 saturated heterocycles. The topological polar surface area (TPSA) is 12.0 Å². The Kier molecular flexibility index (Phi) is 2.49. The van der Waals surface area contributed by atoms with Gasteiger partial charge in [-0.1, -0.05) is 32.9 Å². The quantitative estimate of drug-likeness (QED) is 0.714. The van der Waals surface area contributed by atoms with E-state index in [9.17, 15) is 0 Å². The highest BCUT2D eigenvalue weighted by molar-refractivity contribution is 5.55. The lowest BCUT2D eigenvalue weighted by Gasteiger charge is -2.24. The fraction of sp³-hybridized carbons (Fsp3) is 0.538. The van der Waals surface area contributed by atoms with E-state index in [0.717, 1.165) is 12.5 Å². The molecule has 0 spiro atoms. The van der Waals surface area contributed by atoms with E-state index in [1.54, 1.807) is 0 Å². The molecule has 1 N–H and O–H groups in total. The second kappa shape index (κ2) is 3.64. The Bertz CT molecular complexity index is 328. The van der Waals surface area contributed by atoms with Crippen molar-refractivity contribution in [3.8, 4) is 0 Å². The Balaban J connectivity index is 2.33. The first kappa shape index (κ1) is 9.57. The van der Waals surface area contributed by atoms with Gasteiger partial charge in [-0.05, 0) is 35.4 Å². The first-order chi connectivity index (χ1) is 6.66. The standard InChI is InChI=1S/C13H19N/c1-9(2)11-4-5-13-12(7-11)6-10(3)8-14-13/h4-5,7,9-10,14H,6,8H2,1-3H3. The fourth-order valence-electron chi connectivity index (χ4n) is 2.05. The van der Waals surface area contributed by atoms with Crippen molar-refractivity contribution in [3.05, 3.63) is 29.3 Å². The van der Waals surface area contributed by atoms with Crippen molar-refractivity contribution in [2.24, 2.45) is 5.92 Å². The fourth-order valence-corrected chi connectivity index (χ4v) is 2.05. The number of fused-ring (bicyclic) bond motifs is 1. The lowest BCUT2D eigenvalue weighted by atomic mass is 9.91. The van der Waals surface area contributed by atoms with Crippen molar-refractivity contribution in [1.82, 2.24) is 0 Å². The van der Waals surface area contributed by atoms with Gasteiger partial charge in [0.1, 0.15) is 0 Å². The number of benzene rings is 1. The van der Waals surface area contributed by atoms with Crippen LogP contribution in [0.25, 0.3) is 0 Å². The van der Waals surface area contributed by atoms with Crippen molar-refractivity contribution in [3.63, 3.8) is 0 Å². The third kappa shape index (κ3) is 1.77. The van der Waals surface area contributed by atoms with Crippen LogP contribution in [0.15, 0.2) is 18.2 Å². The molecule has 1 unspecified atom stereocenters. The lowest BCUT2D eigenvalue weighted by molar-refractivity contribution is 0.594. The second-order valence-corrected chi connectivity index (χ2v) is 4.76. The molecule has 14 heavy (non-hydrogen) atoms. The summed E-state index contributed by atoms with van der Waals surface area (Å²) in [5.41, 5.74) is 4.29. The van der Waals surface area contributed by atoms with Crippen LogP contribution in [0.3, 0.4) is 0 Å². The van der Waals surface area contributed by atoms with E-state index in [2.05, 4.69) is 44.3 Å². The summed E-state index contributed by atoms with van der Waals surface area (Å²) in [6, 6.07) is 6.84. The predicted octanol–water partition coefficient (Wildman–Crippen LogP) is 3.41. The monoisotopic (exact) mass is 189 g/mol. The van der Waals surface area contributed by atoms with Crippen molar-refractivity contribution in [1.29, 1.82) is 0 Å². The molecule has 1 aromatic rings. The molecule has 1 heterocycles. The SMILES string of the molecule is CC1CNc2ccc(C(C)C)cc2C1. The maximum atomic E-state index is 3.48. The summed E-state index contributed by atoms with van der Waals surface area (Å²) in [5, 5.41) is 3.48. The summed E-state index contributed by atoms with van der Waals surface area (Å²) in [7, 11) is 0. The van der Waals surface area contributed by atoms with Crippen molar-refractivity contribution < 1.29 is 0 Å². The number of nitrogens with one attached hydrogen (secondary N) is 1. The van der Waals surface area contributed by atoms with Gasteiger partial charge in [-0.3, -0.25) is 0 Å². The molecule has 0 aliphatic carbocycles. The van der Waals surface area contributed by atoms with E-state index in [1.165, 1.54) is 23.2 Å². The number of hydrogen-bond acceptors (Lipinski definition) is 1. The van der Waals surface area contributed by atoms with Crippen LogP contribution in [0, 0.1) is 5.92 Å². The molecular weight excluding hydrogens is 170 g/mol. The van der Waals surface area contributed by atoms with Crippen molar-refractivity contribution in [2.75, 3.05) is 11.9 Å². The number of anilines is 1. The molecule has 1 nitrogen and oxygen atoms in total. The van der Waals surface area contributed by atoms with Gasteiger partial charge in [0.2, 0.25) is 0 Å². The predicted molar refractivity (Wildman–Crippen MR) is 61.9 cm³/mol. The Hall–Kier alpha value is -0.980. The highest BCUT2D eigenvalue weighted by Gasteiger charge is 2.14. The van der Waals surface area contributed by atoms with Crippen LogP contribution in [-0.4, -0.2) is 6.54 Å². The molecule has 2 rings (SSSR count). The maximum Gasteiger partial charge on any atom is 0.0373 e. The molecule has 0 radical (unpaired) electrons. The lowest BCUT2D eigenvalue weighted by Crippen LogP contribution is -2.20. The van der Waals surface area contributed by atoms with Gasteiger partial charge in [0, 0.05) is 12.2 Å². The van der Waals surface area contributed by atoms with Crippen LogP contribution < -0.4 is 5.32 Å². The molecule has 0 saturated carbocycles. The van der Waals surface area contributed by atoms with Crippen LogP contribution in [0.1, 0.15) is 37.8 Å². The number of rotatable bonds is 1. The van der Waals surface area contributed by atoms with Gasteiger partial charge in [-0.15, -0.1) is 0 Å². The van der Waals surface area contributed by atoms with Gasteiger partial charge >= 0.3 is 0 Å². The molecule has 0 aromatic heterocycles. The van der Waals surface area contributed by atoms with Gasteiger partial charge < -0.3 is 5.32 Å². The van der Waals surface area contributed by atoms with Gasteiger partial charge in [0.25, 0.3) is 0 Å². The Morgan fingerprint density at radius 3 is 2.86 bits per heavy atom. The minimum absolute atomic E-state index is 0.637. The van der Waals surface area contributed by atoms with Crippen LogP contribution >= 0.6 is 0 Å². The van der Waals surface area contributed by atoms with E-state index < -0.39 is 0 Å². The Morgan fingerprint density at radius 1 is 1.36 bits per heavy atom. The first-order valence-electron chi connectivity index (χ1n) is 5.53. The van der Waals surface area contributed by atoms with E-state index in [1.807, 2.05) is 0 Å². The smallest absolute Gasteiger partial charge is 0.0373 e. The molecule has 1 aromatic carbocycles. The third-order valence-electron chi connectivity index (χ3n) is 3.01. The average molecular weight is 189 g/mol. The zero-order valence-corrected chi connectivity index (χ0v) is 9.30. The molecule has 0 amide bonds. The summed E-state index contributed by atoms with van der Waals surface area (Å²) >= 11 is 0. The largest absolute Gasteiger partial charge is 0.385 e. The summed E-state index contributed by atoms with van der Waals surface area (Å²) < 4.78 is 0. The summed E-state index contributed by atoms with van der Waals surface area (Å²) in [4.78, 5) is 0. The molecule has 1 heteroatoms. The van der Waals surface area contributed by atoms with E-state index >= 15 is 0 Å². The first-order valence-corrected chi connectivity index (χ1v) is 5.53. The second-order valence-electron chi connectivity index (χ2n) is 4.76. The van der Waals surface area contributed by atoms with Gasteiger partial charge in [0.05, 0.1) is 0 Å². The van der Waals surface area contributed by atoms with E-state index in [0.29, 0.717) is 5.92 Å². The van der Waals surface area contributed by atoms with Gasteiger partial charge in [-0.25, -0.2) is 0 Å². The minimum atomic E-state index is 0.637. The molecule has 0 bridgehead atoms. The summed E-state index contributed by atoms with van der Waals surface area (Å²) in [6.07, 6.45) is 1.23. The normalized spacial score (nSPS) is 20.4. The Labute approximate surface area is 86.5 Å². The highest BCUT2D eigenvalue weighted by Crippen LogP contribution is 2.27. The van der Waals surface area contributed by atoms with E-state index in [-0.39, 0.29) is 0 Å². The van der Waals surface area contributed by atoms with Crippen molar-refractivity contribution in [2.45, 2.75) is 33.1 Å². The Morgan fingerprint density at radius 2 is 2.14 bits per heavy atom. The third-order valence-corrected chi connectivity index (χ3v) is 3.01. The van der Waals surface area contributed by atoms with Crippen molar-refractivity contribution >= 4 is 5.69 Å². The van der Waals surface area contributed by atoms with Crippen LogP contribution in [-0.2, 0) is 6.42 Å². The highest BCUT2D eigenvalue weighted by atomic mass is 14.9. The number of hydrogen-bond donors (Lipinski definition) is 1. The van der Waals surface area contributed by atoms with Gasteiger partial charge in [0.15, 0.2) is 0 Å². The van der Waals surface area contributed by atoms with Crippen LogP contribution in [0.2, 0.25) is 0 Å². The summed E-state index contributed by atoms with van der Waals surface area (Å²) in [5.74, 6) is 1.41. The molecule has 76 valence electrons. The zero-order valence-electron chi connectivity index (χ0n) is 9.30. The van der Waals surface area contributed by atoms with E-state index in [4.69, 9.17) is 0 Å². The van der Waals surface area contributed by atoms with Crippen LogP contribution in [0.5, 0.6) is 0 Å².